The summed E-state index contributed by atoms with van der Waals surface area (Å²) in [6.45, 7) is -1.31. The molecule has 0 spiro atoms. The van der Waals surface area contributed by atoms with Crippen LogP contribution in [0.5, 0.6) is 34.5 Å². The molecule has 5 atom stereocenters. The molecule has 12 nitrogen and oxygen atoms in total. The van der Waals surface area contributed by atoms with Gasteiger partial charge in [0.05, 0.1) is 40.6 Å². The van der Waals surface area contributed by atoms with Crippen LogP contribution in [0.2, 0.25) is 0 Å². The van der Waals surface area contributed by atoms with Gasteiger partial charge in [-0.15, -0.1) is 0 Å². The minimum absolute atomic E-state index is 0.108. The molecule has 0 amide bonds. The molecule has 0 heterocycles. The molecular formula is C30H38O12. The maximum absolute atomic E-state index is 11.1. The number of hydrogen-bond donors (Lipinski definition) is 7. The van der Waals surface area contributed by atoms with Gasteiger partial charge in [-0.2, -0.15) is 0 Å². The van der Waals surface area contributed by atoms with Crippen LogP contribution in [-0.2, 0) is 0 Å². The van der Waals surface area contributed by atoms with Gasteiger partial charge in [-0.1, -0.05) is 18.2 Å². The second kappa shape index (κ2) is 15.4. The highest BCUT2D eigenvalue weighted by Crippen LogP contribution is 2.37. The lowest BCUT2D eigenvalue weighted by molar-refractivity contribution is -0.00269. The predicted molar refractivity (Wildman–Crippen MR) is 150 cm³/mol. The van der Waals surface area contributed by atoms with Crippen LogP contribution in [0.15, 0.2) is 54.6 Å². The number of rotatable bonds is 16. The van der Waals surface area contributed by atoms with Gasteiger partial charge in [0.2, 0.25) is 0 Å². The third kappa shape index (κ3) is 7.73. The molecule has 3 rings (SSSR count). The third-order valence-corrected chi connectivity index (χ3v) is 6.67. The van der Waals surface area contributed by atoms with E-state index >= 15 is 0 Å². The first kappa shape index (κ1) is 32.7. The van der Waals surface area contributed by atoms with Gasteiger partial charge in [0.1, 0.15) is 12.2 Å². The normalized spacial score (nSPS) is 14.8. The van der Waals surface area contributed by atoms with Crippen LogP contribution < -0.4 is 23.7 Å². The first-order valence-electron chi connectivity index (χ1n) is 13.1. The van der Waals surface area contributed by atoms with Crippen LogP contribution in [0, 0.1) is 0 Å². The zero-order valence-electron chi connectivity index (χ0n) is 23.6. The van der Waals surface area contributed by atoms with Crippen molar-refractivity contribution in [2.24, 2.45) is 0 Å². The van der Waals surface area contributed by atoms with Crippen molar-refractivity contribution in [2.75, 3.05) is 41.2 Å². The standard InChI is InChI=1S/C30H38O12/c1-38-24-13-18(4-7-21(24)35)29(36)27(15-32)42-23-9-6-19(14-26(23)40-3)30(37)28(16-33)41-22-8-5-17(12-25(22)39-2)20(34)10-11-31/h4-9,12-14,20,27-37H,10-11,15-16H2,1-3H3/t20-,27-,28-,29+,30+/m0/s1. The maximum Gasteiger partial charge on any atom is 0.161 e. The second-order valence-corrected chi connectivity index (χ2v) is 9.35. The number of ether oxygens (including phenoxy) is 5. The summed E-state index contributed by atoms with van der Waals surface area (Å²) in [5.74, 6) is 0.856. The Balaban J connectivity index is 1.79. The van der Waals surface area contributed by atoms with Gasteiger partial charge in [-0.05, 0) is 53.1 Å². The lowest BCUT2D eigenvalue weighted by Gasteiger charge is -2.26. The maximum atomic E-state index is 11.1. The fourth-order valence-corrected chi connectivity index (χ4v) is 4.28. The van der Waals surface area contributed by atoms with E-state index in [1.165, 1.54) is 63.8 Å². The molecule has 0 saturated heterocycles. The fourth-order valence-electron chi connectivity index (χ4n) is 4.28. The highest BCUT2D eigenvalue weighted by atomic mass is 16.5. The summed E-state index contributed by atoms with van der Waals surface area (Å²) in [6, 6.07) is 13.4. The van der Waals surface area contributed by atoms with Crippen molar-refractivity contribution in [1.82, 2.24) is 0 Å². The van der Waals surface area contributed by atoms with Gasteiger partial charge >= 0.3 is 0 Å². The summed E-state index contributed by atoms with van der Waals surface area (Å²) in [4.78, 5) is 0. The summed E-state index contributed by atoms with van der Waals surface area (Å²) >= 11 is 0. The summed E-state index contributed by atoms with van der Waals surface area (Å²) in [5, 5.41) is 70.9. The van der Waals surface area contributed by atoms with Crippen molar-refractivity contribution >= 4 is 0 Å². The summed E-state index contributed by atoms with van der Waals surface area (Å²) < 4.78 is 27.6. The van der Waals surface area contributed by atoms with Crippen molar-refractivity contribution in [3.8, 4) is 34.5 Å². The first-order valence-corrected chi connectivity index (χ1v) is 13.1. The zero-order valence-corrected chi connectivity index (χ0v) is 23.6. The van der Waals surface area contributed by atoms with E-state index in [0.29, 0.717) is 16.7 Å². The summed E-state index contributed by atoms with van der Waals surface area (Å²) in [6.07, 6.45) is -5.62. The Bertz CT molecular complexity index is 1280. The van der Waals surface area contributed by atoms with E-state index in [1.54, 1.807) is 12.1 Å². The van der Waals surface area contributed by atoms with Crippen molar-refractivity contribution in [3.05, 3.63) is 71.3 Å². The molecule has 0 unspecified atom stereocenters. The molecule has 0 aliphatic carbocycles. The van der Waals surface area contributed by atoms with Crippen LogP contribution >= 0.6 is 0 Å². The SMILES string of the molecule is COc1cc([C@@H](O)[C@H](CO)Oc2ccc([C@@H](O)[C@H](CO)Oc3ccc([C@@H](O)CCO)cc3OC)cc2OC)ccc1O. The van der Waals surface area contributed by atoms with Crippen LogP contribution in [0.3, 0.4) is 0 Å². The predicted octanol–water partition coefficient (Wildman–Crippen LogP) is 1.78. The van der Waals surface area contributed by atoms with Gasteiger partial charge in [0.15, 0.2) is 46.7 Å². The highest BCUT2D eigenvalue weighted by molar-refractivity contribution is 5.46. The van der Waals surface area contributed by atoms with E-state index < -0.39 is 43.7 Å². The Morgan fingerprint density at radius 1 is 0.571 bits per heavy atom. The molecule has 3 aromatic rings. The van der Waals surface area contributed by atoms with Gasteiger partial charge < -0.3 is 59.4 Å². The quantitative estimate of drug-likeness (QED) is 0.128. The Morgan fingerprint density at radius 2 is 1.00 bits per heavy atom. The average molecular weight is 591 g/mol. The topological polar surface area (TPSA) is 188 Å². The van der Waals surface area contributed by atoms with E-state index in [2.05, 4.69) is 0 Å². The number of benzene rings is 3. The van der Waals surface area contributed by atoms with Crippen molar-refractivity contribution < 1.29 is 59.4 Å². The number of phenolic OH excluding ortho intramolecular Hbond substituents is 1. The minimum Gasteiger partial charge on any atom is -0.504 e. The Morgan fingerprint density at radius 3 is 1.45 bits per heavy atom. The van der Waals surface area contributed by atoms with Gasteiger partial charge in [0, 0.05) is 13.0 Å². The van der Waals surface area contributed by atoms with Crippen LogP contribution in [-0.4, -0.2) is 89.1 Å². The summed E-state index contributed by atoms with van der Waals surface area (Å²) in [7, 11) is 4.16. The molecule has 0 radical (unpaired) electrons. The average Bonchev–Trinajstić information content (AvgIpc) is 3.02. The van der Waals surface area contributed by atoms with Gasteiger partial charge in [-0.3, -0.25) is 0 Å². The molecular weight excluding hydrogens is 552 g/mol. The number of aliphatic hydroxyl groups excluding tert-OH is 6. The first-order chi connectivity index (χ1) is 20.2. The smallest absolute Gasteiger partial charge is 0.161 e. The molecule has 0 fully saturated rings. The Labute approximate surface area is 243 Å². The molecule has 42 heavy (non-hydrogen) atoms. The molecule has 0 aliphatic rings. The van der Waals surface area contributed by atoms with Crippen LogP contribution in [0.4, 0.5) is 0 Å². The molecule has 230 valence electrons. The van der Waals surface area contributed by atoms with E-state index in [0.717, 1.165) is 0 Å². The molecule has 0 aliphatic heterocycles. The Hall–Kier alpha value is -3.78. The van der Waals surface area contributed by atoms with Gasteiger partial charge in [0.25, 0.3) is 0 Å². The molecule has 3 aromatic carbocycles. The van der Waals surface area contributed by atoms with Crippen molar-refractivity contribution in [2.45, 2.75) is 36.9 Å². The summed E-state index contributed by atoms with van der Waals surface area (Å²) in [5.41, 5.74) is 1.16. The van der Waals surface area contributed by atoms with Gasteiger partial charge in [-0.25, -0.2) is 0 Å². The Kier molecular flexibility index (Phi) is 12.0. The number of hydrogen-bond acceptors (Lipinski definition) is 12. The number of methoxy groups -OCH3 is 3. The van der Waals surface area contributed by atoms with E-state index in [-0.39, 0.29) is 47.5 Å². The third-order valence-electron chi connectivity index (χ3n) is 6.67. The molecule has 7 N–H and O–H groups in total. The fraction of sp³-hybridized carbons (Fsp3) is 0.400. The minimum atomic E-state index is -1.33. The number of aliphatic hydroxyl groups is 6. The monoisotopic (exact) mass is 590 g/mol. The molecule has 0 bridgehead atoms. The largest absolute Gasteiger partial charge is 0.504 e. The lowest BCUT2D eigenvalue weighted by Crippen LogP contribution is -2.30. The molecule has 0 saturated carbocycles. The van der Waals surface area contributed by atoms with E-state index in [4.69, 9.17) is 28.8 Å². The zero-order chi connectivity index (χ0) is 30.8. The van der Waals surface area contributed by atoms with Crippen LogP contribution in [0.1, 0.15) is 41.4 Å². The molecule has 12 heteroatoms. The molecule has 0 aromatic heterocycles. The van der Waals surface area contributed by atoms with E-state index in [9.17, 15) is 30.6 Å². The lowest BCUT2D eigenvalue weighted by atomic mass is 10.0. The van der Waals surface area contributed by atoms with E-state index in [1.807, 2.05) is 0 Å². The van der Waals surface area contributed by atoms with Crippen molar-refractivity contribution in [1.29, 1.82) is 0 Å². The van der Waals surface area contributed by atoms with Crippen molar-refractivity contribution in [3.63, 3.8) is 0 Å². The second-order valence-electron chi connectivity index (χ2n) is 9.35. The highest BCUT2D eigenvalue weighted by Gasteiger charge is 2.28. The number of aromatic hydroxyl groups is 1. The number of phenols is 1. The van der Waals surface area contributed by atoms with Crippen LogP contribution in [0.25, 0.3) is 0 Å².